The Kier molecular flexibility index (Phi) is 14.4. The van der Waals surface area contributed by atoms with Gasteiger partial charge < -0.3 is 34.5 Å². The summed E-state index contributed by atoms with van der Waals surface area (Å²) in [4.78, 5) is 43.8. The number of methoxy groups -OCH3 is 2. The lowest BCUT2D eigenvalue weighted by molar-refractivity contribution is -0.384. The van der Waals surface area contributed by atoms with Gasteiger partial charge in [-0.1, -0.05) is 50.2 Å². The van der Waals surface area contributed by atoms with E-state index in [4.69, 9.17) is 14.2 Å². The molecule has 0 bridgehead atoms. The lowest BCUT2D eigenvalue weighted by atomic mass is 9.69. The molecule has 1 spiro atoms. The summed E-state index contributed by atoms with van der Waals surface area (Å²) in [6.07, 6.45) is 8.19. The molecule has 3 saturated heterocycles. The lowest BCUT2D eigenvalue weighted by Crippen LogP contribution is -2.74. The first-order valence-corrected chi connectivity index (χ1v) is 28.6. The smallest absolute Gasteiger partial charge is 0.312 e. The maximum Gasteiger partial charge on any atom is 0.312 e. The number of benzene rings is 3. The first kappa shape index (κ1) is 53.1. The zero-order valence-corrected chi connectivity index (χ0v) is 45.6. The Labute approximate surface area is 453 Å². The van der Waals surface area contributed by atoms with Gasteiger partial charge in [0, 0.05) is 99.8 Å². The second-order valence-corrected chi connectivity index (χ2v) is 24.6. The minimum Gasteiger partial charge on any atom is -0.496 e. The Morgan fingerprint density at radius 3 is 2.44 bits per heavy atom. The number of aromatic nitrogens is 3. The number of sulfonamides is 1. The third kappa shape index (κ3) is 10.8. The second kappa shape index (κ2) is 21.1. The summed E-state index contributed by atoms with van der Waals surface area (Å²) in [5.74, 6) is 0.532. The normalized spacial score (nSPS) is 22.5. The van der Waals surface area contributed by atoms with Crippen molar-refractivity contribution in [1.29, 1.82) is 0 Å². The molecule has 6 aromatic rings. The highest BCUT2D eigenvalue weighted by atomic mass is 32.2. The molecule has 412 valence electrons. The predicted molar refractivity (Wildman–Crippen MR) is 294 cm³/mol. The number of fused-ring (bicyclic) bond motifs is 1. The van der Waals surface area contributed by atoms with Gasteiger partial charge in [0.05, 0.1) is 41.9 Å². The number of nitrogens with one attached hydrogen (secondary N) is 3. The minimum absolute atomic E-state index is 0.0171. The second-order valence-electron chi connectivity index (χ2n) is 23.0. The van der Waals surface area contributed by atoms with Crippen LogP contribution in [-0.4, -0.2) is 121 Å². The molecule has 5 aliphatic rings. The maximum absolute atomic E-state index is 14.9. The number of ether oxygens (including phenoxy) is 3. The molecular weight excluding hydrogens is 1020 g/mol. The van der Waals surface area contributed by atoms with Crippen LogP contribution in [0.25, 0.3) is 11.0 Å². The molecule has 18 nitrogen and oxygen atoms in total. The number of anilines is 2. The molecule has 3 aromatic carbocycles. The minimum atomic E-state index is -4.75. The molecule has 2 atom stereocenters. The van der Waals surface area contributed by atoms with E-state index in [0.717, 1.165) is 82.1 Å². The Morgan fingerprint density at radius 1 is 0.949 bits per heavy atom. The number of hydrogen-bond donors (Lipinski definition) is 4. The molecule has 0 radical (unpaired) electrons. The predicted octanol–water partition coefficient (Wildman–Crippen LogP) is 9.47. The van der Waals surface area contributed by atoms with Crippen molar-refractivity contribution >= 4 is 44.2 Å². The fourth-order valence-electron chi connectivity index (χ4n) is 12.4. The van der Waals surface area contributed by atoms with Gasteiger partial charge in [0.25, 0.3) is 21.8 Å². The van der Waals surface area contributed by atoms with E-state index in [1.807, 2.05) is 0 Å². The Hall–Kier alpha value is -6.87. The topological polar surface area (TPSA) is 218 Å². The van der Waals surface area contributed by atoms with Crippen LogP contribution in [0.4, 0.5) is 21.6 Å². The van der Waals surface area contributed by atoms with Crippen LogP contribution in [0.5, 0.6) is 23.1 Å². The van der Waals surface area contributed by atoms with Crippen LogP contribution >= 0.6 is 0 Å². The van der Waals surface area contributed by atoms with Gasteiger partial charge in [-0.15, -0.1) is 0 Å². The van der Waals surface area contributed by atoms with E-state index < -0.39 is 42.9 Å². The summed E-state index contributed by atoms with van der Waals surface area (Å²) < 4.78 is 62.5. The molecule has 4 N–H and O–H groups in total. The molecule has 2 saturated carbocycles. The summed E-state index contributed by atoms with van der Waals surface area (Å²) in [6.45, 7) is 12.8. The number of rotatable bonds is 18. The molecule has 2 aliphatic carbocycles. The zero-order valence-electron chi connectivity index (χ0n) is 44.8. The first-order valence-electron chi connectivity index (χ1n) is 27.1. The molecule has 78 heavy (non-hydrogen) atoms. The van der Waals surface area contributed by atoms with Crippen molar-refractivity contribution in [1.82, 2.24) is 29.5 Å². The Balaban J connectivity index is 0.809. The van der Waals surface area contributed by atoms with Crippen LogP contribution in [0, 0.1) is 27.3 Å². The highest BCUT2D eigenvalue weighted by molar-refractivity contribution is 7.90. The highest BCUT2D eigenvalue weighted by Gasteiger charge is 2.55. The first-order chi connectivity index (χ1) is 37.4. The van der Waals surface area contributed by atoms with Crippen molar-refractivity contribution in [3.8, 4) is 23.1 Å². The van der Waals surface area contributed by atoms with Crippen LogP contribution in [0.2, 0.25) is 0 Å². The summed E-state index contributed by atoms with van der Waals surface area (Å²) >= 11 is 0. The van der Waals surface area contributed by atoms with Crippen LogP contribution in [-0.2, 0) is 16.6 Å². The number of pyridine rings is 2. The van der Waals surface area contributed by atoms with Gasteiger partial charge in [0.15, 0.2) is 5.75 Å². The van der Waals surface area contributed by atoms with E-state index in [9.17, 15) is 32.8 Å². The number of halogens is 1. The molecule has 11 rings (SSSR count). The maximum atomic E-state index is 14.9. The van der Waals surface area contributed by atoms with E-state index in [1.54, 1.807) is 26.2 Å². The van der Waals surface area contributed by atoms with Crippen LogP contribution in [0.15, 0.2) is 90.1 Å². The van der Waals surface area contributed by atoms with Gasteiger partial charge in [-0.2, -0.15) is 4.98 Å². The number of nitrogens with zero attached hydrogens (tertiary/aromatic N) is 6. The molecule has 3 aromatic heterocycles. The van der Waals surface area contributed by atoms with Crippen molar-refractivity contribution in [2.75, 3.05) is 70.2 Å². The van der Waals surface area contributed by atoms with E-state index in [0.29, 0.717) is 56.0 Å². The number of hydrogen-bond acceptors (Lipinski definition) is 15. The quantitative estimate of drug-likeness (QED) is 0.0466. The third-order valence-corrected chi connectivity index (χ3v) is 18.1. The SMILES string of the molecule is COc1cc(CN2CCC(N3CC4(CN(c5ccc(C(=O)NS(=O)(=O)c6cnc(NCC7CCC(C)(O)CC7)c([N+](=O)[O-])c6)c(Oc6cc7c(F)c[nH]c7nc6OC)c5)C4)C3)C(c3ccccc3C(C)C)C2)ccc1C1CC1. The largest absolute Gasteiger partial charge is 0.496 e. The number of nitro groups is 1. The highest BCUT2D eigenvalue weighted by Crippen LogP contribution is 2.49. The fraction of sp³-hybridized carbons (Fsp3) is 0.466. The van der Waals surface area contributed by atoms with Crippen LogP contribution < -0.4 is 29.1 Å². The molecule has 6 heterocycles. The Bertz CT molecular complexity index is 3360. The summed E-state index contributed by atoms with van der Waals surface area (Å²) in [5, 5.41) is 25.7. The molecule has 3 aliphatic heterocycles. The van der Waals surface area contributed by atoms with Crippen molar-refractivity contribution in [2.24, 2.45) is 11.3 Å². The van der Waals surface area contributed by atoms with Crippen LogP contribution in [0.3, 0.4) is 0 Å². The van der Waals surface area contributed by atoms with Crippen molar-refractivity contribution in [3.05, 3.63) is 129 Å². The number of piperidine rings is 1. The molecule has 20 heteroatoms. The fourth-order valence-corrected chi connectivity index (χ4v) is 13.4. The number of carbonyl (C=O) groups is 1. The average molecular weight is 1090 g/mol. The van der Waals surface area contributed by atoms with Gasteiger partial charge in [-0.3, -0.25) is 24.7 Å². The summed E-state index contributed by atoms with van der Waals surface area (Å²) in [6, 6.07) is 23.1. The van der Waals surface area contributed by atoms with Crippen LogP contribution in [0.1, 0.15) is 116 Å². The summed E-state index contributed by atoms with van der Waals surface area (Å²) in [7, 11) is -1.60. The number of carbonyl (C=O) groups excluding carboxylic acids is 1. The Morgan fingerprint density at radius 2 is 1.72 bits per heavy atom. The van der Waals surface area contributed by atoms with Gasteiger partial charge in [-0.25, -0.2) is 22.5 Å². The number of likely N-dealkylation sites (tertiary alicyclic amines) is 2. The number of amides is 1. The number of H-pyrrole nitrogens is 1. The van der Waals surface area contributed by atoms with E-state index in [-0.39, 0.29) is 51.1 Å². The molecule has 5 fully saturated rings. The van der Waals surface area contributed by atoms with Crippen molar-refractivity contribution in [2.45, 2.75) is 107 Å². The summed E-state index contributed by atoms with van der Waals surface area (Å²) in [5.41, 5.74) is 4.83. The standard InChI is InChI=1S/C58H68FN9O9S/c1-35(2)41-8-6-7-9-43(41)46-30-65(29-37-10-14-42(38-11-12-38)50(22-37)75-4)21-18-48(46)67-33-58(34-67)31-66(32-58)39-13-15-44(51(23-39)77-52-25-45-47(59)28-62-53(45)63-56(52)76-5)55(69)64-78(73,74)40-24-49(68(71)72)54(61-27-40)60-26-36-16-19-57(3,70)20-17-36/h6-10,13-15,22-25,27-28,35-36,38,46,48,70H,11-12,16-21,26,29-34H2,1-5H3,(H,60,61)(H,62,63)(H,64,69). The zero-order chi connectivity index (χ0) is 54.7. The monoisotopic (exact) mass is 1090 g/mol. The van der Waals surface area contributed by atoms with E-state index >= 15 is 0 Å². The van der Waals surface area contributed by atoms with Crippen molar-refractivity contribution in [3.63, 3.8) is 0 Å². The van der Waals surface area contributed by atoms with Gasteiger partial charge in [0.1, 0.15) is 27.9 Å². The number of aliphatic hydroxyl groups is 1. The van der Waals surface area contributed by atoms with Gasteiger partial charge >= 0.3 is 5.69 Å². The lowest BCUT2D eigenvalue weighted by Gasteiger charge is -2.64. The van der Waals surface area contributed by atoms with E-state index in [2.05, 4.69) is 96.0 Å². The molecule has 1 amide bonds. The molecular formula is C58H68FN9O9S. The van der Waals surface area contributed by atoms with Crippen molar-refractivity contribution < 1.29 is 41.8 Å². The third-order valence-electron chi connectivity index (χ3n) is 16.9. The number of aromatic amines is 1. The van der Waals surface area contributed by atoms with Gasteiger partial charge in [-0.05, 0) is 110 Å². The van der Waals surface area contributed by atoms with Gasteiger partial charge in [0.2, 0.25) is 5.82 Å². The molecule has 2 unspecified atom stereocenters. The van der Waals surface area contributed by atoms with E-state index in [1.165, 1.54) is 54.3 Å². The average Bonchev–Trinajstić information content (AvgIpc) is 4.24.